The summed E-state index contributed by atoms with van der Waals surface area (Å²) >= 11 is 0. The van der Waals surface area contributed by atoms with Crippen LogP contribution in [0, 0.1) is 0 Å². The third-order valence-corrected chi connectivity index (χ3v) is 4.15. The maximum Gasteiger partial charge on any atom is 0.317 e. The number of benzene rings is 1. The number of hydrogen-bond acceptors (Lipinski definition) is 3. The predicted molar refractivity (Wildman–Crippen MR) is 103 cm³/mol. The molecule has 0 saturated carbocycles. The van der Waals surface area contributed by atoms with E-state index in [-0.39, 0.29) is 18.0 Å². The maximum absolute atomic E-state index is 12.4. The van der Waals surface area contributed by atoms with E-state index in [2.05, 4.69) is 15.6 Å². The number of rotatable bonds is 7. The molecular weight excluding hydrogens is 328 g/mol. The van der Waals surface area contributed by atoms with Crippen molar-refractivity contribution < 1.29 is 9.59 Å². The van der Waals surface area contributed by atoms with Crippen LogP contribution >= 0.6 is 0 Å². The van der Waals surface area contributed by atoms with E-state index in [9.17, 15) is 9.59 Å². The molecule has 2 rings (SSSR count). The molecule has 138 valence electrons. The summed E-state index contributed by atoms with van der Waals surface area (Å²) in [6.45, 7) is 4.29. The van der Waals surface area contributed by atoms with Gasteiger partial charge in [0.05, 0.1) is 11.7 Å². The van der Waals surface area contributed by atoms with E-state index >= 15 is 0 Å². The molecule has 0 aliphatic heterocycles. The van der Waals surface area contributed by atoms with E-state index in [4.69, 9.17) is 0 Å². The number of urea groups is 1. The van der Waals surface area contributed by atoms with Crippen LogP contribution in [0.15, 0.2) is 48.7 Å². The second-order valence-corrected chi connectivity index (χ2v) is 6.20. The van der Waals surface area contributed by atoms with Gasteiger partial charge in [0.1, 0.15) is 0 Å². The first-order chi connectivity index (χ1) is 12.5. The van der Waals surface area contributed by atoms with Crippen molar-refractivity contribution in [3.05, 3.63) is 59.9 Å². The third-order valence-electron chi connectivity index (χ3n) is 4.15. The van der Waals surface area contributed by atoms with Crippen LogP contribution in [-0.2, 0) is 11.3 Å². The van der Waals surface area contributed by atoms with Crippen LogP contribution < -0.4 is 10.6 Å². The number of nitrogens with zero attached hydrogens (tertiary/aromatic N) is 2. The Kier molecular flexibility index (Phi) is 7.14. The Morgan fingerprint density at radius 2 is 2.00 bits per heavy atom. The number of amides is 3. The minimum Gasteiger partial charge on any atom is -0.334 e. The summed E-state index contributed by atoms with van der Waals surface area (Å²) in [7, 11) is 1.75. The molecule has 1 aromatic heterocycles. The average molecular weight is 354 g/mol. The lowest BCUT2D eigenvalue weighted by molar-refractivity contribution is -0.116. The number of pyridine rings is 1. The fourth-order valence-electron chi connectivity index (χ4n) is 2.51. The van der Waals surface area contributed by atoms with Crippen molar-refractivity contribution in [1.29, 1.82) is 0 Å². The number of carbonyl (C=O) groups excluding carboxylic acids is 2. The molecule has 1 heterocycles. The standard InChI is InChI=1S/C20H26N4O2/c1-4-8-19(25)23-17-10-7-9-16(13-17)14-22-20(26)24(3)15(2)18-11-5-6-12-21-18/h5-7,9-13,15H,4,8,14H2,1-3H3,(H,22,26)(H,23,25). The van der Waals surface area contributed by atoms with Crippen LogP contribution in [0.2, 0.25) is 0 Å². The lowest BCUT2D eigenvalue weighted by Gasteiger charge is -2.24. The minimum absolute atomic E-state index is 0.00222. The van der Waals surface area contributed by atoms with Gasteiger partial charge in [-0.2, -0.15) is 0 Å². The molecule has 0 radical (unpaired) electrons. The second-order valence-electron chi connectivity index (χ2n) is 6.20. The van der Waals surface area contributed by atoms with Gasteiger partial charge in [-0.25, -0.2) is 4.79 Å². The van der Waals surface area contributed by atoms with Crippen molar-refractivity contribution in [2.24, 2.45) is 0 Å². The lowest BCUT2D eigenvalue weighted by atomic mass is 10.2. The van der Waals surface area contributed by atoms with E-state index in [0.29, 0.717) is 13.0 Å². The predicted octanol–water partition coefficient (Wildman–Crippen LogP) is 3.72. The zero-order valence-electron chi connectivity index (χ0n) is 15.5. The molecule has 2 N–H and O–H groups in total. The summed E-state index contributed by atoms with van der Waals surface area (Å²) in [4.78, 5) is 30.0. The summed E-state index contributed by atoms with van der Waals surface area (Å²) in [6, 6.07) is 12.8. The first-order valence-electron chi connectivity index (χ1n) is 8.81. The van der Waals surface area contributed by atoms with Crippen molar-refractivity contribution in [2.75, 3.05) is 12.4 Å². The molecule has 26 heavy (non-hydrogen) atoms. The lowest BCUT2D eigenvalue weighted by Crippen LogP contribution is -2.38. The van der Waals surface area contributed by atoms with Gasteiger partial charge < -0.3 is 15.5 Å². The first-order valence-corrected chi connectivity index (χ1v) is 8.81. The van der Waals surface area contributed by atoms with Crippen LogP contribution in [0.4, 0.5) is 10.5 Å². The second kappa shape index (κ2) is 9.56. The molecule has 6 nitrogen and oxygen atoms in total. The van der Waals surface area contributed by atoms with Crippen molar-refractivity contribution in [3.63, 3.8) is 0 Å². The van der Waals surface area contributed by atoms with E-state index in [0.717, 1.165) is 23.4 Å². The van der Waals surface area contributed by atoms with Gasteiger partial charge in [0.15, 0.2) is 0 Å². The largest absolute Gasteiger partial charge is 0.334 e. The van der Waals surface area contributed by atoms with Gasteiger partial charge in [0, 0.05) is 31.9 Å². The Morgan fingerprint density at radius 1 is 1.19 bits per heavy atom. The molecule has 2 aromatic rings. The molecule has 0 spiro atoms. The average Bonchev–Trinajstić information content (AvgIpc) is 2.66. The SMILES string of the molecule is CCCC(=O)Nc1cccc(CNC(=O)N(C)C(C)c2ccccn2)c1. The Labute approximate surface area is 154 Å². The van der Waals surface area contributed by atoms with Gasteiger partial charge in [-0.1, -0.05) is 25.1 Å². The van der Waals surface area contributed by atoms with E-state index in [1.165, 1.54) is 0 Å². The normalized spacial score (nSPS) is 11.5. The molecular formula is C20H26N4O2. The van der Waals surface area contributed by atoms with Crippen LogP contribution in [0.5, 0.6) is 0 Å². The van der Waals surface area contributed by atoms with Gasteiger partial charge >= 0.3 is 6.03 Å². The zero-order valence-corrected chi connectivity index (χ0v) is 15.5. The van der Waals surface area contributed by atoms with Gasteiger partial charge in [-0.3, -0.25) is 9.78 Å². The highest BCUT2D eigenvalue weighted by atomic mass is 16.2. The Morgan fingerprint density at radius 3 is 2.69 bits per heavy atom. The molecule has 1 atom stereocenters. The van der Waals surface area contributed by atoms with E-state index < -0.39 is 0 Å². The van der Waals surface area contributed by atoms with Gasteiger partial charge in [0.25, 0.3) is 0 Å². The highest BCUT2D eigenvalue weighted by molar-refractivity contribution is 5.90. The topological polar surface area (TPSA) is 74.3 Å². The van der Waals surface area contributed by atoms with Crippen molar-refractivity contribution in [2.45, 2.75) is 39.3 Å². The summed E-state index contributed by atoms with van der Waals surface area (Å²) in [5.41, 5.74) is 2.50. The zero-order chi connectivity index (χ0) is 18.9. The molecule has 0 aliphatic rings. The van der Waals surface area contributed by atoms with Crippen molar-refractivity contribution in [3.8, 4) is 0 Å². The van der Waals surface area contributed by atoms with Crippen LogP contribution in [0.1, 0.15) is 44.0 Å². The fourth-order valence-corrected chi connectivity index (χ4v) is 2.51. The summed E-state index contributed by atoms with van der Waals surface area (Å²) in [6.07, 6.45) is 3.02. The molecule has 0 fully saturated rings. The molecule has 0 bridgehead atoms. The van der Waals surface area contributed by atoms with Gasteiger partial charge in [0.2, 0.25) is 5.91 Å². The van der Waals surface area contributed by atoms with Crippen LogP contribution in [-0.4, -0.2) is 28.9 Å². The van der Waals surface area contributed by atoms with E-state index in [1.54, 1.807) is 18.1 Å². The quantitative estimate of drug-likeness (QED) is 0.796. The smallest absolute Gasteiger partial charge is 0.317 e. The minimum atomic E-state index is -0.177. The molecule has 0 saturated heterocycles. The van der Waals surface area contributed by atoms with Crippen molar-refractivity contribution >= 4 is 17.6 Å². The summed E-state index contributed by atoms with van der Waals surface area (Å²) < 4.78 is 0. The first kappa shape index (κ1) is 19.4. The number of anilines is 1. The highest BCUT2D eigenvalue weighted by Gasteiger charge is 2.17. The number of nitrogens with one attached hydrogen (secondary N) is 2. The van der Waals surface area contributed by atoms with E-state index in [1.807, 2.05) is 56.3 Å². The molecule has 0 aliphatic carbocycles. The molecule has 3 amide bonds. The van der Waals surface area contributed by atoms with Crippen LogP contribution in [0.3, 0.4) is 0 Å². The van der Waals surface area contributed by atoms with Gasteiger partial charge in [-0.05, 0) is 43.2 Å². The fraction of sp³-hybridized carbons (Fsp3) is 0.350. The number of aromatic nitrogens is 1. The third kappa shape index (κ3) is 5.58. The highest BCUT2D eigenvalue weighted by Crippen LogP contribution is 2.16. The van der Waals surface area contributed by atoms with Gasteiger partial charge in [-0.15, -0.1) is 0 Å². The summed E-state index contributed by atoms with van der Waals surface area (Å²) in [5, 5.41) is 5.76. The monoisotopic (exact) mass is 354 g/mol. The maximum atomic E-state index is 12.4. The van der Waals surface area contributed by atoms with Crippen molar-refractivity contribution in [1.82, 2.24) is 15.2 Å². The Balaban J connectivity index is 1.91. The Bertz CT molecular complexity index is 734. The molecule has 6 heteroatoms. The molecule has 1 aromatic carbocycles. The van der Waals surface area contributed by atoms with Crippen LogP contribution in [0.25, 0.3) is 0 Å². The number of carbonyl (C=O) groups is 2. The summed E-state index contributed by atoms with van der Waals surface area (Å²) in [5.74, 6) is -0.00222. The molecule has 1 unspecified atom stereocenters. The Hall–Kier alpha value is -2.89. The number of hydrogen-bond donors (Lipinski definition) is 2.